The summed E-state index contributed by atoms with van der Waals surface area (Å²) >= 11 is 0. The third-order valence-electron chi connectivity index (χ3n) is 6.46. The predicted molar refractivity (Wildman–Crippen MR) is 139 cm³/mol. The summed E-state index contributed by atoms with van der Waals surface area (Å²) in [5, 5.41) is 14.7. The zero-order valence-electron chi connectivity index (χ0n) is 20.2. The molecule has 0 aliphatic carbocycles. The summed E-state index contributed by atoms with van der Waals surface area (Å²) < 4.78 is 4.77. The molecule has 0 saturated heterocycles. The Morgan fingerprint density at radius 3 is 2.21 bits per heavy atom. The van der Waals surface area contributed by atoms with Crippen molar-refractivity contribution in [2.45, 2.75) is 6.92 Å². The van der Waals surface area contributed by atoms with Crippen LogP contribution >= 0.6 is 0 Å². The minimum Gasteiger partial charge on any atom is -0.465 e. The molecule has 1 N–H and O–H groups in total. The van der Waals surface area contributed by atoms with Gasteiger partial charge in [-0.25, -0.2) is 9.69 Å². The average Bonchev–Trinajstić information content (AvgIpc) is 2.92. The van der Waals surface area contributed by atoms with Gasteiger partial charge < -0.3 is 10.1 Å². The fraction of sp³-hybridized carbons (Fsp3) is 0.0714. The molecule has 10 nitrogen and oxygen atoms in total. The van der Waals surface area contributed by atoms with Gasteiger partial charge in [0.1, 0.15) is 0 Å². The molecule has 0 unspecified atom stereocenters. The molecule has 0 atom stereocenters. The van der Waals surface area contributed by atoms with Crippen LogP contribution in [0.3, 0.4) is 0 Å². The quantitative estimate of drug-likeness (QED) is 0.175. The van der Waals surface area contributed by atoms with Gasteiger partial charge >= 0.3 is 5.97 Å². The Labute approximate surface area is 215 Å². The van der Waals surface area contributed by atoms with E-state index in [1.54, 1.807) is 25.1 Å². The standard InChI is InChI=1S/C28H19N3O7/c1-15-18(28(35)38-2)5-4-8-22(15)29-25(32)16-9-11-17(12-10-16)30-26(33)20-7-3-6-19-23(31(36)37)14-13-21(24(19)20)27(30)34/h3-14H,1-2H3,(H,29,32). The minimum absolute atomic E-state index is 0.170. The Balaban J connectivity index is 1.44. The van der Waals surface area contributed by atoms with Crippen LogP contribution in [0.2, 0.25) is 0 Å². The Morgan fingerprint density at radius 2 is 1.55 bits per heavy atom. The summed E-state index contributed by atoms with van der Waals surface area (Å²) in [6.45, 7) is 1.69. The number of esters is 1. The molecular weight excluding hydrogens is 490 g/mol. The van der Waals surface area contributed by atoms with Crippen molar-refractivity contribution in [3.8, 4) is 0 Å². The normalized spacial score (nSPS) is 12.4. The summed E-state index contributed by atoms with van der Waals surface area (Å²) in [5.74, 6) is -2.23. The second kappa shape index (κ2) is 9.25. The first-order chi connectivity index (χ1) is 18.2. The van der Waals surface area contributed by atoms with Crippen LogP contribution in [0.25, 0.3) is 10.8 Å². The molecule has 1 aliphatic rings. The number of hydrogen-bond donors (Lipinski definition) is 1. The van der Waals surface area contributed by atoms with Gasteiger partial charge in [0.2, 0.25) is 0 Å². The zero-order chi connectivity index (χ0) is 27.1. The fourth-order valence-electron chi connectivity index (χ4n) is 4.53. The van der Waals surface area contributed by atoms with E-state index in [2.05, 4.69) is 5.32 Å². The molecule has 10 heteroatoms. The van der Waals surface area contributed by atoms with Crippen LogP contribution in [0.4, 0.5) is 17.1 Å². The van der Waals surface area contributed by atoms with E-state index in [0.29, 0.717) is 16.8 Å². The number of amides is 3. The molecule has 0 fully saturated rings. The number of nitro benzene ring substituents is 1. The number of benzene rings is 4. The highest BCUT2D eigenvalue weighted by Gasteiger charge is 2.35. The number of nitrogens with one attached hydrogen (secondary N) is 1. The molecule has 188 valence electrons. The fourth-order valence-corrected chi connectivity index (χ4v) is 4.53. The number of carbonyl (C=O) groups excluding carboxylic acids is 4. The molecule has 0 saturated carbocycles. The molecule has 1 aliphatic heterocycles. The summed E-state index contributed by atoms with van der Waals surface area (Å²) in [4.78, 5) is 63.3. The minimum atomic E-state index is -0.624. The van der Waals surface area contributed by atoms with E-state index >= 15 is 0 Å². The highest BCUT2D eigenvalue weighted by molar-refractivity contribution is 6.36. The third-order valence-corrected chi connectivity index (χ3v) is 6.46. The lowest BCUT2D eigenvalue weighted by molar-refractivity contribution is -0.383. The van der Waals surface area contributed by atoms with Crippen LogP contribution < -0.4 is 10.2 Å². The van der Waals surface area contributed by atoms with Crippen molar-refractivity contribution in [2.75, 3.05) is 17.3 Å². The molecule has 5 rings (SSSR count). The second-order valence-electron chi connectivity index (χ2n) is 8.53. The Hall–Kier alpha value is -5.38. The first-order valence-corrected chi connectivity index (χ1v) is 11.4. The Bertz CT molecular complexity index is 1670. The monoisotopic (exact) mass is 509 g/mol. The number of nitrogens with zero attached hydrogens (tertiary/aromatic N) is 2. The van der Waals surface area contributed by atoms with Crippen LogP contribution in [-0.4, -0.2) is 35.7 Å². The molecular formula is C28H19N3O7. The number of methoxy groups -OCH3 is 1. The topological polar surface area (TPSA) is 136 Å². The molecule has 0 spiro atoms. The maximum absolute atomic E-state index is 13.3. The van der Waals surface area contributed by atoms with E-state index in [1.807, 2.05) is 0 Å². The van der Waals surface area contributed by atoms with Gasteiger partial charge in [0.05, 0.1) is 28.7 Å². The summed E-state index contributed by atoms with van der Waals surface area (Å²) in [5.41, 5.74) is 1.94. The van der Waals surface area contributed by atoms with E-state index in [9.17, 15) is 29.3 Å². The molecule has 0 aromatic heterocycles. The van der Waals surface area contributed by atoms with E-state index in [4.69, 9.17) is 4.74 Å². The van der Waals surface area contributed by atoms with Gasteiger partial charge in [-0.15, -0.1) is 0 Å². The predicted octanol–water partition coefficient (Wildman–Crippen LogP) is 4.90. The summed E-state index contributed by atoms with van der Waals surface area (Å²) in [6, 6.07) is 17.9. The summed E-state index contributed by atoms with van der Waals surface area (Å²) in [6.07, 6.45) is 0. The van der Waals surface area contributed by atoms with Crippen molar-refractivity contribution in [1.82, 2.24) is 0 Å². The van der Waals surface area contributed by atoms with Gasteiger partial charge in [0.25, 0.3) is 23.4 Å². The maximum atomic E-state index is 13.3. The largest absolute Gasteiger partial charge is 0.465 e. The summed E-state index contributed by atoms with van der Waals surface area (Å²) in [7, 11) is 1.27. The average molecular weight is 509 g/mol. The van der Waals surface area contributed by atoms with Crippen molar-refractivity contribution in [3.63, 3.8) is 0 Å². The third kappa shape index (κ3) is 3.84. The highest BCUT2D eigenvalue weighted by atomic mass is 16.6. The number of nitro groups is 1. The van der Waals surface area contributed by atoms with Crippen molar-refractivity contribution in [3.05, 3.63) is 111 Å². The second-order valence-corrected chi connectivity index (χ2v) is 8.53. The van der Waals surface area contributed by atoms with Crippen LogP contribution in [-0.2, 0) is 4.74 Å². The van der Waals surface area contributed by atoms with Crippen LogP contribution in [0.1, 0.15) is 47.0 Å². The van der Waals surface area contributed by atoms with Crippen molar-refractivity contribution in [1.29, 1.82) is 0 Å². The molecule has 0 radical (unpaired) electrons. The Kier molecular flexibility index (Phi) is 5.92. The lowest BCUT2D eigenvalue weighted by Gasteiger charge is -2.27. The van der Waals surface area contributed by atoms with Gasteiger partial charge in [0.15, 0.2) is 0 Å². The number of anilines is 2. The van der Waals surface area contributed by atoms with Crippen molar-refractivity contribution in [2.24, 2.45) is 0 Å². The first-order valence-electron chi connectivity index (χ1n) is 11.4. The van der Waals surface area contributed by atoms with Crippen LogP contribution in [0.5, 0.6) is 0 Å². The van der Waals surface area contributed by atoms with E-state index in [0.717, 1.165) is 4.90 Å². The molecule has 4 aromatic rings. The van der Waals surface area contributed by atoms with E-state index < -0.39 is 28.6 Å². The van der Waals surface area contributed by atoms with Crippen LogP contribution in [0, 0.1) is 17.0 Å². The maximum Gasteiger partial charge on any atom is 0.338 e. The van der Waals surface area contributed by atoms with Gasteiger partial charge in [-0.3, -0.25) is 24.5 Å². The Morgan fingerprint density at radius 1 is 0.895 bits per heavy atom. The number of hydrogen-bond acceptors (Lipinski definition) is 7. The molecule has 3 amide bonds. The van der Waals surface area contributed by atoms with Crippen molar-refractivity contribution >= 4 is 51.5 Å². The first kappa shape index (κ1) is 24.3. The number of rotatable bonds is 5. The smallest absolute Gasteiger partial charge is 0.338 e. The molecule has 4 aromatic carbocycles. The van der Waals surface area contributed by atoms with Gasteiger partial charge in [-0.2, -0.15) is 0 Å². The van der Waals surface area contributed by atoms with Crippen molar-refractivity contribution < 1.29 is 28.8 Å². The van der Waals surface area contributed by atoms with Crippen LogP contribution in [0.15, 0.2) is 72.8 Å². The number of imide groups is 1. The van der Waals surface area contributed by atoms with E-state index in [-0.39, 0.29) is 38.8 Å². The molecule has 38 heavy (non-hydrogen) atoms. The SMILES string of the molecule is COC(=O)c1cccc(NC(=O)c2ccc(N3C(=O)c4cccc5c([N+](=O)[O-])ccc(c45)C3=O)cc2)c1C. The lowest BCUT2D eigenvalue weighted by Crippen LogP contribution is -2.40. The molecule has 0 bridgehead atoms. The van der Waals surface area contributed by atoms with E-state index in [1.165, 1.54) is 61.7 Å². The number of ether oxygens (including phenoxy) is 1. The number of carbonyl (C=O) groups is 4. The number of non-ortho nitro benzene ring substituents is 1. The lowest BCUT2D eigenvalue weighted by atomic mass is 9.92. The highest BCUT2D eigenvalue weighted by Crippen LogP contribution is 2.37. The zero-order valence-corrected chi connectivity index (χ0v) is 20.2. The molecule has 1 heterocycles. The van der Waals surface area contributed by atoms with Gasteiger partial charge in [0, 0.05) is 33.8 Å². The van der Waals surface area contributed by atoms with Gasteiger partial charge in [-0.1, -0.05) is 12.1 Å². The van der Waals surface area contributed by atoms with Gasteiger partial charge in [-0.05, 0) is 67.1 Å².